The van der Waals surface area contributed by atoms with Crippen LogP contribution in [0.2, 0.25) is 4.34 Å². The average Bonchev–Trinajstić information content (AvgIpc) is 3.40. The van der Waals surface area contributed by atoms with Crippen molar-refractivity contribution < 1.29 is 0 Å². The van der Waals surface area contributed by atoms with E-state index in [-0.39, 0.29) is 0 Å². The predicted molar refractivity (Wildman–Crippen MR) is 112 cm³/mol. The van der Waals surface area contributed by atoms with Crippen LogP contribution in [-0.2, 0) is 6.54 Å². The lowest BCUT2D eigenvalue weighted by Gasteiger charge is -2.31. The van der Waals surface area contributed by atoms with Gasteiger partial charge in [-0.05, 0) is 48.6 Å². The summed E-state index contributed by atoms with van der Waals surface area (Å²) in [5.74, 6) is 0.812. The standard InChI is InChI=1S/C21H24ClN3S/c1-24-10-17(21(23)13-7-8-13)14-5-3-4-6-15(14)18-11-25(2)12-19-16(18)9-20(22)26-19/h3-6,9-10,13,18H,7-8,11-12,23H2,1-2H3/b21-17+,24-10?. The maximum atomic E-state index is 6.52. The van der Waals surface area contributed by atoms with Gasteiger partial charge in [-0.25, -0.2) is 0 Å². The molecule has 1 fully saturated rings. The van der Waals surface area contributed by atoms with Gasteiger partial charge in [0.2, 0.25) is 0 Å². The van der Waals surface area contributed by atoms with Crippen molar-refractivity contribution in [3.05, 3.63) is 61.9 Å². The Labute approximate surface area is 164 Å². The predicted octanol–water partition coefficient (Wildman–Crippen LogP) is 4.76. The fourth-order valence-corrected chi connectivity index (χ4v) is 5.32. The second kappa shape index (κ2) is 7.18. The van der Waals surface area contributed by atoms with Gasteiger partial charge in [-0.3, -0.25) is 4.99 Å². The first-order chi connectivity index (χ1) is 12.6. The van der Waals surface area contributed by atoms with Crippen LogP contribution in [0.15, 0.2) is 41.0 Å². The highest BCUT2D eigenvalue weighted by Crippen LogP contribution is 2.43. The second-order valence-electron chi connectivity index (χ2n) is 7.30. The molecule has 2 heterocycles. The minimum Gasteiger partial charge on any atom is -0.401 e. The van der Waals surface area contributed by atoms with Crippen molar-refractivity contribution in [2.75, 3.05) is 20.6 Å². The minimum atomic E-state index is 0.302. The number of hydrogen-bond acceptors (Lipinski definition) is 4. The highest BCUT2D eigenvalue weighted by atomic mass is 35.5. The zero-order chi connectivity index (χ0) is 18.3. The molecule has 0 spiro atoms. The molecule has 1 unspecified atom stereocenters. The Bertz CT molecular complexity index is 879. The fourth-order valence-electron chi connectivity index (χ4n) is 3.90. The van der Waals surface area contributed by atoms with Crippen molar-refractivity contribution >= 4 is 34.7 Å². The molecule has 0 saturated heterocycles. The highest BCUT2D eigenvalue weighted by molar-refractivity contribution is 7.16. The van der Waals surface area contributed by atoms with Crippen LogP contribution in [0.4, 0.5) is 0 Å². The van der Waals surface area contributed by atoms with Crippen LogP contribution in [-0.4, -0.2) is 31.8 Å². The first-order valence-electron chi connectivity index (χ1n) is 9.06. The molecular weight excluding hydrogens is 362 g/mol. The number of nitrogens with two attached hydrogens (primary N) is 1. The summed E-state index contributed by atoms with van der Waals surface area (Å²) < 4.78 is 0.871. The summed E-state index contributed by atoms with van der Waals surface area (Å²) in [5, 5.41) is 0. The van der Waals surface area contributed by atoms with E-state index in [9.17, 15) is 0 Å². The Morgan fingerprint density at radius 1 is 1.31 bits per heavy atom. The third-order valence-corrected chi connectivity index (χ3v) is 6.57. The summed E-state index contributed by atoms with van der Waals surface area (Å²) >= 11 is 8.05. The molecule has 2 aromatic rings. The van der Waals surface area contributed by atoms with Crippen LogP contribution < -0.4 is 5.73 Å². The minimum absolute atomic E-state index is 0.302. The summed E-state index contributed by atoms with van der Waals surface area (Å²) in [4.78, 5) is 8.04. The van der Waals surface area contributed by atoms with Gasteiger partial charge in [0, 0.05) is 48.4 Å². The lowest BCUT2D eigenvalue weighted by Crippen LogP contribution is -2.30. The van der Waals surface area contributed by atoms with E-state index < -0.39 is 0 Å². The monoisotopic (exact) mass is 385 g/mol. The summed E-state index contributed by atoms with van der Waals surface area (Å²) in [6.07, 6.45) is 4.30. The molecule has 1 aliphatic heterocycles. The molecule has 3 nitrogen and oxygen atoms in total. The van der Waals surface area contributed by atoms with E-state index in [1.165, 1.54) is 34.4 Å². The first kappa shape index (κ1) is 17.8. The Balaban J connectivity index is 1.85. The van der Waals surface area contributed by atoms with Crippen molar-refractivity contribution in [3.63, 3.8) is 0 Å². The van der Waals surface area contributed by atoms with Gasteiger partial charge >= 0.3 is 0 Å². The molecular formula is C21H24ClN3S. The van der Waals surface area contributed by atoms with Gasteiger partial charge in [-0.2, -0.15) is 0 Å². The molecule has 1 saturated carbocycles. The Hall–Kier alpha value is -1.62. The van der Waals surface area contributed by atoms with Gasteiger partial charge in [-0.1, -0.05) is 35.9 Å². The molecule has 0 radical (unpaired) electrons. The molecule has 5 heteroatoms. The van der Waals surface area contributed by atoms with Gasteiger partial charge in [0.1, 0.15) is 0 Å². The second-order valence-corrected chi connectivity index (χ2v) is 9.06. The van der Waals surface area contributed by atoms with Crippen LogP contribution in [0.1, 0.15) is 40.3 Å². The molecule has 136 valence electrons. The van der Waals surface area contributed by atoms with E-state index >= 15 is 0 Å². The Morgan fingerprint density at radius 2 is 2.08 bits per heavy atom. The molecule has 1 aromatic heterocycles. The van der Waals surface area contributed by atoms with Crippen molar-refractivity contribution in [3.8, 4) is 0 Å². The molecule has 26 heavy (non-hydrogen) atoms. The van der Waals surface area contributed by atoms with Crippen molar-refractivity contribution in [2.45, 2.75) is 25.3 Å². The number of rotatable bonds is 4. The zero-order valence-electron chi connectivity index (χ0n) is 15.2. The number of allylic oxidation sites excluding steroid dienone is 2. The molecule has 0 bridgehead atoms. The van der Waals surface area contributed by atoms with Gasteiger partial charge in [-0.15, -0.1) is 11.3 Å². The van der Waals surface area contributed by atoms with Gasteiger partial charge in [0.05, 0.1) is 4.34 Å². The molecule has 2 N–H and O–H groups in total. The maximum absolute atomic E-state index is 6.52. The number of aliphatic imine (C=N–C) groups is 1. The zero-order valence-corrected chi connectivity index (χ0v) is 16.8. The average molecular weight is 386 g/mol. The lowest BCUT2D eigenvalue weighted by molar-refractivity contribution is 0.299. The summed E-state index contributed by atoms with van der Waals surface area (Å²) in [6, 6.07) is 10.8. The SMILES string of the molecule is CN=C/C(=C(\N)C1CC1)c1ccccc1C1CN(C)Cc2sc(Cl)cc21. The van der Waals surface area contributed by atoms with Crippen molar-refractivity contribution in [1.29, 1.82) is 0 Å². The number of halogens is 1. The van der Waals surface area contributed by atoms with E-state index in [2.05, 4.69) is 47.3 Å². The third kappa shape index (κ3) is 3.34. The lowest BCUT2D eigenvalue weighted by atomic mass is 9.83. The van der Waals surface area contributed by atoms with Crippen LogP contribution in [0.3, 0.4) is 0 Å². The Kier molecular flexibility index (Phi) is 4.91. The number of fused-ring (bicyclic) bond motifs is 1. The van der Waals surface area contributed by atoms with Gasteiger partial charge < -0.3 is 10.6 Å². The van der Waals surface area contributed by atoms with E-state index in [1.54, 1.807) is 11.3 Å². The van der Waals surface area contributed by atoms with Crippen LogP contribution >= 0.6 is 22.9 Å². The fraction of sp³-hybridized carbons (Fsp3) is 0.381. The van der Waals surface area contributed by atoms with E-state index in [0.29, 0.717) is 11.8 Å². The molecule has 2 aliphatic rings. The summed E-state index contributed by atoms with van der Waals surface area (Å²) in [7, 11) is 3.99. The van der Waals surface area contributed by atoms with E-state index in [4.69, 9.17) is 17.3 Å². The van der Waals surface area contributed by atoms with Crippen molar-refractivity contribution in [1.82, 2.24) is 4.90 Å². The van der Waals surface area contributed by atoms with Gasteiger partial charge in [0.15, 0.2) is 0 Å². The molecule has 1 aromatic carbocycles. The number of hydrogen-bond donors (Lipinski definition) is 1. The Morgan fingerprint density at radius 3 is 2.81 bits per heavy atom. The van der Waals surface area contributed by atoms with Crippen molar-refractivity contribution in [2.24, 2.45) is 16.6 Å². The molecule has 1 atom stereocenters. The van der Waals surface area contributed by atoms with E-state index in [0.717, 1.165) is 28.7 Å². The largest absolute Gasteiger partial charge is 0.401 e. The van der Waals surface area contributed by atoms with Crippen LogP contribution in [0.5, 0.6) is 0 Å². The van der Waals surface area contributed by atoms with Crippen LogP contribution in [0, 0.1) is 5.92 Å². The number of nitrogens with zero attached hydrogens (tertiary/aromatic N) is 2. The summed E-state index contributed by atoms with van der Waals surface area (Å²) in [6.45, 7) is 1.95. The topological polar surface area (TPSA) is 41.6 Å². The number of benzene rings is 1. The molecule has 1 aliphatic carbocycles. The van der Waals surface area contributed by atoms with Crippen LogP contribution in [0.25, 0.3) is 5.57 Å². The third-order valence-electron chi connectivity index (χ3n) is 5.31. The quantitative estimate of drug-likeness (QED) is 0.771. The van der Waals surface area contributed by atoms with Gasteiger partial charge in [0.25, 0.3) is 0 Å². The maximum Gasteiger partial charge on any atom is 0.0934 e. The van der Waals surface area contributed by atoms with E-state index in [1.807, 2.05) is 13.3 Å². The molecule has 0 amide bonds. The number of thiophene rings is 1. The summed E-state index contributed by atoms with van der Waals surface area (Å²) in [5.41, 5.74) is 12.5. The number of likely N-dealkylation sites (N-methyl/N-ethyl adjacent to an activating group) is 1. The normalized spacial score (nSPS) is 21.7. The smallest absolute Gasteiger partial charge is 0.0934 e. The molecule has 4 rings (SSSR count). The highest BCUT2D eigenvalue weighted by Gasteiger charge is 2.31. The first-order valence-corrected chi connectivity index (χ1v) is 10.3.